The van der Waals surface area contributed by atoms with E-state index in [1.54, 1.807) is 0 Å². The molecule has 1 fully saturated rings. The van der Waals surface area contributed by atoms with Crippen LogP contribution in [0.3, 0.4) is 0 Å². The summed E-state index contributed by atoms with van der Waals surface area (Å²) in [6, 6.07) is 0.757. The summed E-state index contributed by atoms with van der Waals surface area (Å²) in [6.45, 7) is 1.60. The SMILES string of the molecule is CN1CCCC1CCCO.O=C(O)C(F)(F)F. The standard InChI is InChI=1S/C8H17NO.C2HF3O2/c1-9-6-2-4-8(9)5-3-7-10;3-2(4,5)1(6)7/h8,10H,2-7H2,1H3;(H,6,7). The number of likely N-dealkylation sites (tertiary alicyclic amines) is 1. The highest BCUT2D eigenvalue weighted by Gasteiger charge is 2.38. The first kappa shape index (κ1) is 16.2. The maximum absolute atomic E-state index is 10.6. The maximum atomic E-state index is 10.6. The molecule has 1 unspecified atom stereocenters. The van der Waals surface area contributed by atoms with Gasteiger partial charge in [0.15, 0.2) is 0 Å². The molecule has 0 radical (unpaired) electrons. The van der Waals surface area contributed by atoms with Gasteiger partial charge in [-0.15, -0.1) is 0 Å². The maximum Gasteiger partial charge on any atom is 0.490 e. The van der Waals surface area contributed by atoms with Crippen LogP contribution in [0.1, 0.15) is 25.7 Å². The van der Waals surface area contributed by atoms with Crippen molar-refractivity contribution in [1.29, 1.82) is 0 Å². The van der Waals surface area contributed by atoms with E-state index in [9.17, 15) is 13.2 Å². The smallest absolute Gasteiger partial charge is 0.475 e. The molecule has 1 saturated heterocycles. The summed E-state index contributed by atoms with van der Waals surface area (Å²) in [5.74, 6) is -2.76. The lowest BCUT2D eigenvalue weighted by molar-refractivity contribution is -0.192. The van der Waals surface area contributed by atoms with E-state index in [0.717, 1.165) is 12.5 Å². The van der Waals surface area contributed by atoms with Crippen LogP contribution < -0.4 is 0 Å². The molecule has 0 bridgehead atoms. The number of alkyl halides is 3. The number of carbonyl (C=O) groups is 1. The second kappa shape index (κ2) is 7.50. The van der Waals surface area contributed by atoms with Crippen LogP contribution in [0.25, 0.3) is 0 Å². The van der Waals surface area contributed by atoms with Gasteiger partial charge in [0.25, 0.3) is 0 Å². The van der Waals surface area contributed by atoms with Crippen molar-refractivity contribution in [2.75, 3.05) is 20.2 Å². The number of rotatable bonds is 3. The van der Waals surface area contributed by atoms with E-state index >= 15 is 0 Å². The number of carboxylic acids is 1. The highest BCUT2D eigenvalue weighted by molar-refractivity contribution is 5.73. The van der Waals surface area contributed by atoms with Gasteiger partial charge >= 0.3 is 12.1 Å². The molecule has 0 aliphatic carbocycles. The molecule has 17 heavy (non-hydrogen) atoms. The summed E-state index contributed by atoms with van der Waals surface area (Å²) in [6.07, 6.45) is -0.273. The van der Waals surface area contributed by atoms with Gasteiger partial charge in [0.2, 0.25) is 0 Å². The van der Waals surface area contributed by atoms with Crippen molar-refractivity contribution in [3.05, 3.63) is 0 Å². The molecule has 102 valence electrons. The Morgan fingerprint density at radius 2 is 2.00 bits per heavy atom. The molecule has 1 aliphatic rings. The summed E-state index contributed by atoms with van der Waals surface area (Å²) in [5, 5.41) is 15.7. The summed E-state index contributed by atoms with van der Waals surface area (Å²) in [5.41, 5.74) is 0. The number of nitrogens with zero attached hydrogens (tertiary/aromatic N) is 1. The molecule has 0 aromatic heterocycles. The quantitative estimate of drug-likeness (QED) is 0.804. The fourth-order valence-corrected chi connectivity index (χ4v) is 1.67. The van der Waals surface area contributed by atoms with Gasteiger partial charge in [0.05, 0.1) is 0 Å². The summed E-state index contributed by atoms with van der Waals surface area (Å²) in [7, 11) is 2.18. The van der Waals surface area contributed by atoms with Gasteiger partial charge in [-0.1, -0.05) is 0 Å². The largest absolute Gasteiger partial charge is 0.490 e. The Kier molecular flexibility index (Phi) is 7.13. The van der Waals surface area contributed by atoms with E-state index in [2.05, 4.69) is 11.9 Å². The van der Waals surface area contributed by atoms with Gasteiger partial charge in [0, 0.05) is 12.6 Å². The fourth-order valence-electron chi connectivity index (χ4n) is 1.67. The topological polar surface area (TPSA) is 60.8 Å². The van der Waals surface area contributed by atoms with E-state index in [4.69, 9.17) is 15.0 Å². The number of halogens is 3. The van der Waals surface area contributed by atoms with Crippen LogP contribution in [0.4, 0.5) is 13.2 Å². The molecule has 1 atom stereocenters. The minimum absolute atomic E-state index is 0.352. The Morgan fingerprint density at radius 3 is 2.29 bits per heavy atom. The molecule has 0 spiro atoms. The normalized spacial score (nSPS) is 20.9. The predicted octanol–water partition coefficient (Wildman–Crippen LogP) is 1.49. The molecule has 7 heteroatoms. The zero-order chi connectivity index (χ0) is 13.5. The molecule has 0 aromatic carbocycles. The summed E-state index contributed by atoms with van der Waals surface area (Å²) in [4.78, 5) is 11.3. The van der Waals surface area contributed by atoms with Gasteiger partial charge in [-0.2, -0.15) is 13.2 Å². The predicted molar refractivity (Wildman–Crippen MR) is 55.7 cm³/mol. The average Bonchev–Trinajstić information content (AvgIpc) is 2.60. The van der Waals surface area contributed by atoms with Crippen molar-refractivity contribution < 1.29 is 28.2 Å². The lowest BCUT2D eigenvalue weighted by Gasteiger charge is -2.18. The molecule has 0 aromatic rings. The van der Waals surface area contributed by atoms with Crippen LogP contribution >= 0.6 is 0 Å². The molecule has 2 N–H and O–H groups in total. The van der Waals surface area contributed by atoms with Crippen LogP contribution in [-0.2, 0) is 4.79 Å². The van der Waals surface area contributed by atoms with Crippen LogP contribution in [0, 0.1) is 0 Å². The van der Waals surface area contributed by atoms with Gasteiger partial charge in [-0.3, -0.25) is 0 Å². The highest BCUT2D eigenvalue weighted by Crippen LogP contribution is 2.18. The third-order valence-electron chi connectivity index (χ3n) is 2.61. The molecular formula is C10H18F3NO3. The number of carboxylic acid groups (broad SMARTS) is 1. The number of aliphatic hydroxyl groups excluding tert-OH is 1. The zero-order valence-electron chi connectivity index (χ0n) is 9.70. The van der Waals surface area contributed by atoms with Gasteiger partial charge in [-0.25, -0.2) is 4.79 Å². The molecule has 0 saturated carbocycles. The third kappa shape index (κ3) is 7.17. The summed E-state index contributed by atoms with van der Waals surface area (Å²) >= 11 is 0. The second-order valence-corrected chi connectivity index (χ2v) is 3.95. The van der Waals surface area contributed by atoms with E-state index in [1.807, 2.05) is 0 Å². The highest BCUT2D eigenvalue weighted by atomic mass is 19.4. The van der Waals surface area contributed by atoms with E-state index in [-0.39, 0.29) is 0 Å². The van der Waals surface area contributed by atoms with Gasteiger partial charge in [0.1, 0.15) is 0 Å². The molecule has 1 heterocycles. The summed E-state index contributed by atoms with van der Waals surface area (Å²) < 4.78 is 31.7. The molecule has 0 amide bonds. The van der Waals surface area contributed by atoms with Crippen molar-refractivity contribution in [2.24, 2.45) is 0 Å². The Morgan fingerprint density at radius 1 is 1.47 bits per heavy atom. The van der Waals surface area contributed by atoms with E-state index in [0.29, 0.717) is 6.61 Å². The average molecular weight is 257 g/mol. The fraction of sp³-hybridized carbons (Fsp3) is 0.900. The first-order valence-electron chi connectivity index (χ1n) is 5.40. The zero-order valence-corrected chi connectivity index (χ0v) is 9.70. The monoisotopic (exact) mass is 257 g/mol. The first-order chi connectivity index (χ1) is 7.79. The Balaban J connectivity index is 0.000000325. The molecule has 4 nitrogen and oxygen atoms in total. The van der Waals surface area contributed by atoms with Crippen molar-refractivity contribution >= 4 is 5.97 Å². The van der Waals surface area contributed by atoms with E-state index in [1.165, 1.54) is 25.8 Å². The lowest BCUT2D eigenvalue weighted by Crippen LogP contribution is -2.24. The Hall–Kier alpha value is -0.820. The van der Waals surface area contributed by atoms with Crippen LogP contribution in [0.15, 0.2) is 0 Å². The van der Waals surface area contributed by atoms with Crippen molar-refractivity contribution in [3.63, 3.8) is 0 Å². The Labute approximate surface area is 98.0 Å². The lowest BCUT2D eigenvalue weighted by atomic mass is 10.1. The number of aliphatic hydroxyl groups is 1. The van der Waals surface area contributed by atoms with Crippen LogP contribution in [0.5, 0.6) is 0 Å². The third-order valence-corrected chi connectivity index (χ3v) is 2.61. The van der Waals surface area contributed by atoms with E-state index < -0.39 is 12.1 Å². The number of hydrogen-bond donors (Lipinski definition) is 2. The molecular weight excluding hydrogens is 239 g/mol. The second-order valence-electron chi connectivity index (χ2n) is 3.95. The van der Waals surface area contributed by atoms with Crippen LogP contribution in [0.2, 0.25) is 0 Å². The number of hydrogen-bond acceptors (Lipinski definition) is 3. The first-order valence-corrected chi connectivity index (χ1v) is 5.40. The van der Waals surface area contributed by atoms with Gasteiger partial charge < -0.3 is 15.1 Å². The minimum Gasteiger partial charge on any atom is -0.475 e. The molecule has 1 aliphatic heterocycles. The van der Waals surface area contributed by atoms with Crippen LogP contribution in [-0.4, -0.2) is 53.5 Å². The van der Waals surface area contributed by atoms with Crippen molar-refractivity contribution in [3.8, 4) is 0 Å². The van der Waals surface area contributed by atoms with Crippen molar-refractivity contribution in [2.45, 2.75) is 37.9 Å². The number of aliphatic carboxylic acids is 1. The van der Waals surface area contributed by atoms with Gasteiger partial charge in [-0.05, 0) is 39.3 Å². The molecule has 1 rings (SSSR count). The van der Waals surface area contributed by atoms with Crippen molar-refractivity contribution in [1.82, 2.24) is 4.90 Å². The Bertz CT molecular complexity index is 233. The minimum atomic E-state index is -5.08.